The smallest absolute Gasteiger partial charge is 0.00865 e. The van der Waals surface area contributed by atoms with E-state index in [4.69, 9.17) is 5.73 Å². The van der Waals surface area contributed by atoms with Crippen LogP contribution in [0.2, 0.25) is 0 Å². The number of rotatable bonds is 1. The fraction of sp³-hybridized carbons (Fsp3) is 0.333. The van der Waals surface area contributed by atoms with Gasteiger partial charge in [-0.25, -0.2) is 0 Å². The second-order valence-electron chi connectivity index (χ2n) is 2.63. The van der Waals surface area contributed by atoms with Gasteiger partial charge in [0.2, 0.25) is 0 Å². The second-order valence-corrected chi connectivity index (χ2v) is 2.63. The molecule has 1 rings (SSSR count). The fourth-order valence-electron chi connectivity index (χ4n) is 1.18. The first-order valence-corrected chi connectivity index (χ1v) is 3.52. The topological polar surface area (TPSA) is 26.0 Å². The lowest BCUT2D eigenvalue weighted by Gasteiger charge is -2.12. The zero-order chi connectivity index (χ0) is 7.56. The van der Waals surface area contributed by atoms with Crippen LogP contribution in [0.25, 0.3) is 0 Å². The van der Waals surface area contributed by atoms with E-state index in [1.165, 1.54) is 11.1 Å². The molecule has 1 heteroatoms. The molecule has 1 aliphatic carbocycles. The van der Waals surface area contributed by atoms with Gasteiger partial charge in [0.15, 0.2) is 0 Å². The Morgan fingerprint density at radius 2 is 2.30 bits per heavy atom. The summed E-state index contributed by atoms with van der Waals surface area (Å²) in [5, 5.41) is 0. The van der Waals surface area contributed by atoms with Crippen LogP contribution in [-0.4, -0.2) is 0 Å². The van der Waals surface area contributed by atoms with Crippen molar-refractivity contribution >= 4 is 0 Å². The highest BCUT2D eigenvalue weighted by atomic mass is 14.6. The number of nitrogens with two attached hydrogens (primary N) is 1. The molecular formula is C9H13N. The summed E-state index contributed by atoms with van der Waals surface area (Å²) in [5.74, 6) is 0. The highest BCUT2D eigenvalue weighted by molar-refractivity contribution is 5.36. The van der Waals surface area contributed by atoms with E-state index in [0.29, 0.717) is 0 Å². The zero-order valence-corrected chi connectivity index (χ0v) is 6.35. The molecule has 0 aliphatic heterocycles. The molecule has 0 saturated heterocycles. The SMILES string of the molecule is C=CC1=C(C)C=C(N)CC1. The maximum absolute atomic E-state index is 5.63. The summed E-state index contributed by atoms with van der Waals surface area (Å²) in [6.07, 6.45) is 5.98. The van der Waals surface area contributed by atoms with Gasteiger partial charge in [0.05, 0.1) is 0 Å². The Bertz CT molecular complexity index is 209. The first kappa shape index (κ1) is 7.13. The van der Waals surface area contributed by atoms with Crippen LogP contribution in [-0.2, 0) is 0 Å². The molecule has 0 aromatic rings. The van der Waals surface area contributed by atoms with Crippen LogP contribution >= 0.6 is 0 Å². The van der Waals surface area contributed by atoms with Gasteiger partial charge < -0.3 is 5.73 Å². The molecule has 1 aliphatic rings. The first-order valence-electron chi connectivity index (χ1n) is 3.52. The van der Waals surface area contributed by atoms with E-state index in [0.717, 1.165) is 18.5 Å². The Labute approximate surface area is 61.9 Å². The van der Waals surface area contributed by atoms with E-state index >= 15 is 0 Å². The first-order chi connectivity index (χ1) is 4.74. The quantitative estimate of drug-likeness (QED) is 0.585. The Kier molecular flexibility index (Phi) is 1.95. The minimum absolute atomic E-state index is 0.985. The van der Waals surface area contributed by atoms with Crippen molar-refractivity contribution in [2.45, 2.75) is 19.8 Å². The summed E-state index contributed by atoms with van der Waals surface area (Å²) < 4.78 is 0. The zero-order valence-electron chi connectivity index (χ0n) is 6.35. The third-order valence-electron chi connectivity index (χ3n) is 1.84. The van der Waals surface area contributed by atoms with Crippen molar-refractivity contribution in [3.05, 3.63) is 35.6 Å². The monoisotopic (exact) mass is 135 g/mol. The van der Waals surface area contributed by atoms with Crippen LogP contribution in [0.1, 0.15) is 19.8 Å². The average Bonchev–Trinajstić information content (AvgIpc) is 1.88. The van der Waals surface area contributed by atoms with Crippen LogP contribution in [0.4, 0.5) is 0 Å². The molecular weight excluding hydrogens is 122 g/mol. The molecule has 0 radical (unpaired) electrons. The number of hydrogen-bond acceptors (Lipinski definition) is 1. The summed E-state index contributed by atoms with van der Waals surface area (Å²) in [6.45, 7) is 5.80. The molecule has 0 fully saturated rings. The normalized spacial score (nSPS) is 18.7. The third kappa shape index (κ3) is 1.29. The maximum atomic E-state index is 5.63. The van der Waals surface area contributed by atoms with E-state index in [1.54, 1.807) is 0 Å². The minimum atomic E-state index is 0.985. The molecule has 1 nitrogen and oxygen atoms in total. The lowest BCUT2D eigenvalue weighted by atomic mass is 9.97. The van der Waals surface area contributed by atoms with Crippen molar-refractivity contribution in [2.24, 2.45) is 5.73 Å². The van der Waals surface area contributed by atoms with Gasteiger partial charge in [0.25, 0.3) is 0 Å². The highest BCUT2D eigenvalue weighted by Gasteiger charge is 2.04. The Morgan fingerprint density at radius 1 is 1.60 bits per heavy atom. The molecule has 0 atom stereocenters. The van der Waals surface area contributed by atoms with Crippen LogP contribution < -0.4 is 5.73 Å². The van der Waals surface area contributed by atoms with E-state index in [9.17, 15) is 0 Å². The van der Waals surface area contributed by atoms with Gasteiger partial charge in [0.1, 0.15) is 0 Å². The van der Waals surface area contributed by atoms with Crippen LogP contribution in [0.3, 0.4) is 0 Å². The average molecular weight is 135 g/mol. The summed E-state index contributed by atoms with van der Waals surface area (Å²) in [7, 11) is 0. The van der Waals surface area contributed by atoms with Gasteiger partial charge in [0, 0.05) is 5.70 Å². The van der Waals surface area contributed by atoms with Crippen LogP contribution in [0.15, 0.2) is 35.6 Å². The second kappa shape index (κ2) is 2.74. The molecule has 0 bridgehead atoms. The lowest BCUT2D eigenvalue weighted by Crippen LogP contribution is -2.03. The molecule has 0 heterocycles. The highest BCUT2D eigenvalue weighted by Crippen LogP contribution is 2.21. The molecule has 10 heavy (non-hydrogen) atoms. The van der Waals surface area contributed by atoms with Crippen LogP contribution in [0, 0.1) is 0 Å². The summed E-state index contributed by atoms with van der Waals surface area (Å²) >= 11 is 0. The van der Waals surface area contributed by atoms with E-state index in [1.807, 2.05) is 12.2 Å². The van der Waals surface area contributed by atoms with Crippen molar-refractivity contribution in [2.75, 3.05) is 0 Å². The molecule has 0 aromatic carbocycles. The van der Waals surface area contributed by atoms with E-state index in [2.05, 4.69) is 13.5 Å². The van der Waals surface area contributed by atoms with Crippen molar-refractivity contribution in [1.82, 2.24) is 0 Å². The minimum Gasteiger partial charge on any atom is -0.402 e. The maximum Gasteiger partial charge on any atom is 0.00865 e. The van der Waals surface area contributed by atoms with Crippen LogP contribution in [0.5, 0.6) is 0 Å². The van der Waals surface area contributed by atoms with E-state index < -0.39 is 0 Å². The van der Waals surface area contributed by atoms with Gasteiger partial charge in [-0.2, -0.15) is 0 Å². The number of hydrogen-bond donors (Lipinski definition) is 1. The Balaban J connectivity index is 2.90. The Morgan fingerprint density at radius 3 is 2.80 bits per heavy atom. The molecule has 0 aromatic heterocycles. The Hall–Kier alpha value is -0.980. The molecule has 0 saturated carbocycles. The van der Waals surface area contributed by atoms with Gasteiger partial charge in [-0.05, 0) is 37.0 Å². The lowest BCUT2D eigenvalue weighted by molar-refractivity contribution is 0.896. The van der Waals surface area contributed by atoms with Gasteiger partial charge in [-0.1, -0.05) is 12.7 Å². The molecule has 0 unspecified atom stereocenters. The van der Waals surface area contributed by atoms with Crippen molar-refractivity contribution < 1.29 is 0 Å². The molecule has 54 valence electrons. The predicted octanol–water partition coefficient (Wildman–Crippen LogP) is 2.13. The van der Waals surface area contributed by atoms with Crippen molar-refractivity contribution in [3.8, 4) is 0 Å². The van der Waals surface area contributed by atoms with Crippen molar-refractivity contribution in [3.63, 3.8) is 0 Å². The van der Waals surface area contributed by atoms with Crippen molar-refractivity contribution in [1.29, 1.82) is 0 Å². The molecule has 0 amide bonds. The van der Waals surface area contributed by atoms with Gasteiger partial charge in [-0.3, -0.25) is 0 Å². The van der Waals surface area contributed by atoms with Gasteiger partial charge >= 0.3 is 0 Å². The predicted molar refractivity (Wildman–Crippen MR) is 44.4 cm³/mol. The molecule has 0 spiro atoms. The fourth-order valence-corrected chi connectivity index (χ4v) is 1.18. The van der Waals surface area contributed by atoms with Gasteiger partial charge in [-0.15, -0.1) is 0 Å². The third-order valence-corrected chi connectivity index (χ3v) is 1.84. The van der Waals surface area contributed by atoms with E-state index in [-0.39, 0.29) is 0 Å². The largest absolute Gasteiger partial charge is 0.402 e. The number of allylic oxidation sites excluding steroid dienone is 5. The summed E-state index contributed by atoms with van der Waals surface area (Å²) in [6, 6.07) is 0. The summed E-state index contributed by atoms with van der Waals surface area (Å²) in [5.41, 5.74) is 9.21. The summed E-state index contributed by atoms with van der Waals surface area (Å²) in [4.78, 5) is 0. The molecule has 2 N–H and O–H groups in total. The standard InChI is InChI=1S/C9H13N/c1-3-8-4-5-9(10)6-7(8)2/h3,6H,1,4-5,10H2,2H3.